The van der Waals surface area contributed by atoms with Crippen molar-refractivity contribution in [1.82, 2.24) is 15.0 Å². The number of ether oxygens (including phenoxy) is 1. The molecule has 0 unspecified atom stereocenters. The van der Waals surface area contributed by atoms with Gasteiger partial charge in [0, 0.05) is 48.9 Å². The zero-order valence-corrected chi connectivity index (χ0v) is 16.5. The van der Waals surface area contributed by atoms with Gasteiger partial charge in [0.15, 0.2) is 0 Å². The molecule has 0 aliphatic carbocycles. The SMILES string of the molecule is Cc1nc(-c2ccc(N3CCC(Oc4ccc(F)cc4)CC3)nc2)[nH]c(=O)c1C. The van der Waals surface area contributed by atoms with Gasteiger partial charge in [-0.15, -0.1) is 0 Å². The first-order valence-electron chi connectivity index (χ1n) is 9.71. The molecule has 1 N–H and O–H groups in total. The van der Waals surface area contributed by atoms with Crippen LogP contribution in [0, 0.1) is 19.7 Å². The number of nitrogens with one attached hydrogen (secondary N) is 1. The third-order valence-corrected chi connectivity index (χ3v) is 5.30. The van der Waals surface area contributed by atoms with E-state index in [9.17, 15) is 9.18 Å². The summed E-state index contributed by atoms with van der Waals surface area (Å²) in [6.07, 6.45) is 3.59. The third-order valence-electron chi connectivity index (χ3n) is 5.30. The molecule has 0 saturated carbocycles. The molecule has 2 aromatic heterocycles. The summed E-state index contributed by atoms with van der Waals surface area (Å²) in [6, 6.07) is 10.0. The van der Waals surface area contributed by atoms with Crippen LogP contribution in [0.15, 0.2) is 47.4 Å². The molecule has 3 aromatic rings. The molecule has 1 aliphatic heterocycles. The fourth-order valence-electron chi connectivity index (χ4n) is 3.40. The highest BCUT2D eigenvalue weighted by molar-refractivity contribution is 5.56. The average Bonchev–Trinajstić information content (AvgIpc) is 2.74. The molecule has 1 fully saturated rings. The van der Waals surface area contributed by atoms with Gasteiger partial charge in [-0.05, 0) is 50.2 Å². The van der Waals surface area contributed by atoms with Crippen molar-refractivity contribution in [3.8, 4) is 17.1 Å². The molecule has 0 amide bonds. The summed E-state index contributed by atoms with van der Waals surface area (Å²) < 4.78 is 19.0. The Hall–Kier alpha value is -3.22. The van der Waals surface area contributed by atoms with E-state index in [0.717, 1.165) is 43.0 Å². The van der Waals surface area contributed by atoms with Gasteiger partial charge in [-0.2, -0.15) is 0 Å². The van der Waals surface area contributed by atoms with Crippen LogP contribution in [0.3, 0.4) is 0 Å². The average molecular weight is 394 g/mol. The molecule has 29 heavy (non-hydrogen) atoms. The molecule has 0 spiro atoms. The molecule has 1 aromatic carbocycles. The third kappa shape index (κ3) is 4.29. The Morgan fingerprint density at radius 2 is 1.83 bits per heavy atom. The second kappa shape index (κ2) is 8.03. The van der Waals surface area contributed by atoms with Crippen molar-refractivity contribution < 1.29 is 9.13 Å². The summed E-state index contributed by atoms with van der Waals surface area (Å²) in [5.74, 6) is 1.85. The second-order valence-electron chi connectivity index (χ2n) is 7.29. The van der Waals surface area contributed by atoms with E-state index in [4.69, 9.17) is 4.74 Å². The number of aromatic amines is 1. The summed E-state index contributed by atoms with van der Waals surface area (Å²) in [5.41, 5.74) is 2.00. The van der Waals surface area contributed by atoms with E-state index in [0.29, 0.717) is 17.1 Å². The van der Waals surface area contributed by atoms with Crippen molar-refractivity contribution in [3.63, 3.8) is 0 Å². The molecule has 0 bridgehead atoms. The van der Waals surface area contributed by atoms with Crippen LogP contribution in [0.2, 0.25) is 0 Å². The number of aromatic nitrogens is 3. The van der Waals surface area contributed by atoms with Crippen molar-refractivity contribution in [1.29, 1.82) is 0 Å². The number of hydrogen-bond donors (Lipinski definition) is 1. The van der Waals surface area contributed by atoms with E-state index >= 15 is 0 Å². The lowest BCUT2D eigenvalue weighted by Crippen LogP contribution is -2.38. The largest absolute Gasteiger partial charge is 0.490 e. The number of nitrogens with zero attached hydrogens (tertiary/aromatic N) is 3. The van der Waals surface area contributed by atoms with Crippen molar-refractivity contribution >= 4 is 5.82 Å². The van der Waals surface area contributed by atoms with Crippen LogP contribution in [-0.2, 0) is 0 Å². The number of piperidine rings is 1. The zero-order valence-electron chi connectivity index (χ0n) is 16.5. The van der Waals surface area contributed by atoms with Crippen molar-refractivity contribution in [2.45, 2.75) is 32.8 Å². The molecule has 0 radical (unpaired) electrons. The van der Waals surface area contributed by atoms with Gasteiger partial charge in [0.1, 0.15) is 29.3 Å². The van der Waals surface area contributed by atoms with Gasteiger partial charge in [-0.3, -0.25) is 4.79 Å². The maximum absolute atomic E-state index is 13.0. The number of benzene rings is 1. The molecular formula is C22H23FN4O2. The minimum atomic E-state index is -0.262. The van der Waals surface area contributed by atoms with E-state index < -0.39 is 0 Å². The van der Waals surface area contributed by atoms with Crippen molar-refractivity contribution in [3.05, 3.63) is 70.0 Å². The lowest BCUT2D eigenvalue weighted by molar-refractivity contribution is 0.170. The zero-order chi connectivity index (χ0) is 20.4. The molecule has 150 valence electrons. The van der Waals surface area contributed by atoms with Crippen LogP contribution in [0.25, 0.3) is 11.4 Å². The Morgan fingerprint density at radius 1 is 1.10 bits per heavy atom. The van der Waals surface area contributed by atoms with Gasteiger partial charge in [0.2, 0.25) is 0 Å². The van der Waals surface area contributed by atoms with Crippen LogP contribution in [0.1, 0.15) is 24.1 Å². The Labute approximate surface area is 168 Å². The molecular weight excluding hydrogens is 371 g/mol. The van der Waals surface area contributed by atoms with Gasteiger partial charge in [-0.25, -0.2) is 14.4 Å². The van der Waals surface area contributed by atoms with E-state index in [1.165, 1.54) is 12.1 Å². The van der Waals surface area contributed by atoms with Crippen LogP contribution < -0.4 is 15.2 Å². The fourth-order valence-corrected chi connectivity index (χ4v) is 3.40. The quantitative estimate of drug-likeness (QED) is 0.732. The summed E-state index contributed by atoms with van der Waals surface area (Å²) in [6.45, 7) is 5.25. The molecule has 1 aliphatic rings. The Balaban J connectivity index is 1.39. The van der Waals surface area contributed by atoms with Gasteiger partial charge >= 0.3 is 0 Å². The van der Waals surface area contributed by atoms with Gasteiger partial charge in [-0.1, -0.05) is 0 Å². The summed E-state index contributed by atoms with van der Waals surface area (Å²) in [7, 11) is 0. The van der Waals surface area contributed by atoms with E-state index in [1.54, 1.807) is 25.3 Å². The van der Waals surface area contributed by atoms with Crippen LogP contribution in [-0.4, -0.2) is 34.1 Å². The molecule has 6 nitrogen and oxygen atoms in total. The first-order chi connectivity index (χ1) is 14.0. The first-order valence-corrected chi connectivity index (χ1v) is 9.71. The summed E-state index contributed by atoms with van der Waals surface area (Å²) >= 11 is 0. The maximum Gasteiger partial charge on any atom is 0.254 e. The summed E-state index contributed by atoms with van der Waals surface area (Å²) in [4.78, 5) is 26.0. The number of halogens is 1. The normalized spacial score (nSPS) is 14.8. The van der Waals surface area contributed by atoms with Gasteiger partial charge < -0.3 is 14.6 Å². The monoisotopic (exact) mass is 394 g/mol. The predicted octanol–water partition coefficient (Wildman–Crippen LogP) is 3.64. The number of hydrogen-bond acceptors (Lipinski definition) is 5. The molecule has 1 saturated heterocycles. The number of anilines is 1. The standard InChI is InChI=1S/C22H23FN4O2/c1-14-15(2)25-21(26-22(14)28)16-3-8-20(24-13-16)27-11-9-19(10-12-27)29-18-6-4-17(23)5-7-18/h3-8,13,19H,9-12H2,1-2H3,(H,25,26,28). The molecule has 3 heterocycles. The lowest BCUT2D eigenvalue weighted by atomic mass is 10.1. The highest BCUT2D eigenvalue weighted by Crippen LogP contribution is 2.23. The van der Waals surface area contributed by atoms with Gasteiger partial charge in [0.05, 0.1) is 0 Å². The molecule has 4 rings (SSSR count). The second-order valence-corrected chi connectivity index (χ2v) is 7.29. The topological polar surface area (TPSA) is 71.1 Å². The minimum absolute atomic E-state index is 0.112. The molecule has 0 atom stereocenters. The molecule has 7 heteroatoms. The summed E-state index contributed by atoms with van der Waals surface area (Å²) in [5, 5.41) is 0. The van der Waals surface area contributed by atoms with E-state index in [1.807, 2.05) is 19.1 Å². The predicted molar refractivity (Wildman–Crippen MR) is 110 cm³/mol. The number of pyridine rings is 1. The Kier molecular flexibility index (Phi) is 5.29. The van der Waals surface area contributed by atoms with Crippen LogP contribution in [0.5, 0.6) is 5.75 Å². The first kappa shape index (κ1) is 19.1. The van der Waals surface area contributed by atoms with Crippen molar-refractivity contribution in [2.24, 2.45) is 0 Å². The Bertz CT molecular complexity index is 1040. The van der Waals surface area contributed by atoms with E-state index in [2.05, 4.69) is 19.9 Å². The fraction of sp³-hybridized carbons (Fsp3) is 0.318. The Morgan fingerprint density at radius 3 is 2.45 bits per heavy atom. The number of H-pyrrole nitrogens is 1. The maximum atomic E-state index is 13.0. The smallest absolute Gasteiger partial charge is 0.254 e. The van der Waals surface area contributed by atoms with Gasteiger partial charge in [0.25, 0.3) is 5.56 Å². The minimum Gasteiger partial charge on any atom is -0.490 e. The van der Waals surface area contributed by atoms with E-state index in [-0.39, 0.29) is 17.5 Å². The van der Waals surface area contributed by atoms with Crippen LogP contribution >= 0.6 is 0 Å². The highest BCUT2D eigenvalue weighted by atomic mass is 19.1. The van der Waals surface area contributed by atoms with Crippen LogP contribution in [0.4, 0.5) is 10.2 Å². The number of rotatable bonds is 4. The number of aryl methyl sites for hydroxylation is 1. The highest BCUT2D eigenvalue weighted by Gasteiger charge is 2.21. The lowest BCUT2D eigenvalue weighted by Gasteiger charge is -2.33. The van der Waals surface area contributed by atoms with Crippen molar-refractivity contribution in [2.75, 3.05) is 18.0 Å².